The maximum atomic E-state index is 10.5. The van der Waals surface area contributed by atoms with E-state index in [1.807, 2.05) is 0 Å². The quantitative estimate of drug-likeness (QED) is 0.602. The minimum atomic E-state index is -0.656. The van der Waals surface area contributed by atoms with Gasteiger partial charge in [0, 0.05) is 24.2 Å². The van der Waals surface area contributed by atoms with Crippen LogP contribution in [0.5, 0.6) is 0 Å². The van der Waals surface area contributed by atoms with E-state index in [2.05, 4.69) is 26.1 Å². The highest BCUT2D eigenvalue weighted by molar-refractivity contribution is 5.33. The molecule has 1 atom stereocenters. The van der Waals surface area contributed by atoms with Crippen LogP contribution in [0.25, 0.3) is 0 Å². The van der Waals surface area contributed by atoms with Crippen molar-refractivity contribution in [3.05, 3.63) is 39.9 Å². The van der Waals surface area contributed by atoms with Crippen molar-refractivity contribution in [1.82, 2.24) is 5.32 Å². The minimum absolute atomic E-state index is 0.0260. The fraction of sp³-hybridized carbons (Fsp3) is 0.538. The molecule has 1 aromatic rings. The first-order valence-electron chi connectivity index (χ1n) is 6.03. The van der Waals surface area contributed by atoms with Gasteiger partial charge < -0.3 is 10.4 Å². The van der Waals surface area contributed by atoms with E-state index >= 15 is 0 Å². The van der Waals surface area contributed by atoms with Crippen molar-refractivity contribution in [3.8, 4) is 0 Å². The van der Waals surface area contributed by atoms with Crippen molar-refractivity contribution in [2.24, 2.45) is 0 Å². The first kappa shape index (κ1) is 14.6. The van der Waals surface area contributed by atoms with Gasteiger partial charge in [0.2, 0.25) is 0 Å². The molecule has 1 unspecified atom stereocenters. The summed E-state index contributed by atoms with van der Waals surface area (Å²) in [7, 11) is 0. The maximum Gasteiger partial charge on any atom is 0.269 e. The van der Waals surface area contributed by atoms with Crippen LogP contribution in [-0.4, -0.2) is 22.1 Å². The van der Waals surface area contributed by atoms with E-state index < -0.39 is 11.0 Å². The molecule has 0 spiro atoms. The van der Waals surface area contributed by atoms with Gasteiger partial charge in [0.15, 0.2) is 0 Å². The molecule has 0 fully saturated rings. The molecule has 0 saturated carbocycles. The monoisotopic (exact) mass is 252 g/mol. The number of β-amino-alcohol motifs (C(OH)–C–C–N with tert-alkyl or cyclic N) is 1. The van der Waals surface area contributed by atoms with Crippen LogP contribution in [-0.2, 0) is 0 Å². The summed E-state index contributed by atoms with van der Waals surface area (Å²) in [6.07, 6.45) is 0.302. The molecule has 0 saturated heterocycles. The summed E-state index contributed by atoms with van der Waals surface area (Å²) in [5.41, 5.74) is 0.690. The number of nitro groups is 1. The second kappa shape index (κ2) is 5.93. The van der Waals surface area contributed by atoms with Crippen molar-refractivity contribution in [1.29, 1.82) is 0 Å². The van der Waals surface area contributed by atoms with Crippen LogP contribution < -0.4 is 5.32 Å². The number of non-ortho nitro benzene ring substituents is 1. The van der Waals surface area contributed by atoms with Crippen molar-refractivity contribution in [2.45, 2.75) is 38.8 Å². The van der Waals surface area contributed by atoms with Crippen LogP contribution in [0, 0.1) is 10.1 Å². The van der Waals surface area contributed by atoms with Gasteiger partial charge >= 0.3 is 0 Å². The predicted octanol–water partition coefficient (Wildman–Crippen LogP) is 2.41. The Morgan fingerprint density at radius 2 is 1.94 bits per heavy atom. The number of rotatable bonds is 6. The molecule has 0 heterocycles. The van der Waals surface area contributed by atoms with Crippen LogP contribution >= 0.6 is 0 Å². The molecule has 0 aromatic heterocycles. The fourth-order valence-electron chi connectivity index (χ4n) is 1.43. The van der Waals surface area contributed by atoms with Gasteiger partial charge in [0.1, 0.15) is 0 Å². The van der Waals surface area contributed by atoms with E-state index in [9.17, 15) is 15.2 Å². The number of hydrogen-bond donors (Lipinski definition) is 2. The van der Waals surface area contributed by atoms with Gasteiger partial charge in [-0.25, -0.2) is 0 Å². The normalized spacial score (nSPS) is 13.3. The molecule has 0 amide bonds. The van der Waals surface area contributed by atoms with Gasteiger partial charge in [-0.15, -0.1) is 0 Å². The molecule has 0 aliphatic carbocycles. The van der Waals surface area contributed by atoms with E-state index in [-0.39, 0.29) is 11.2 Å². The van der Waals surface area contributed by atoms with Crippen molar-refractivity contribution in [2.75, 3.05) is 6.54 Å². The molecule has 100 valence electrons. The Morgan fingerprint density at radius 1 is 1.39 bits per heavy atom. The fourth-order valence-corrected chi connectivity index (χ4v) is 1.43. The summed E-state index contributed by atoms with van der Waals surface area (Å²) in [4.78, 5) is 10.1. The maximum absolute atomic E-state index is 10.5. The number of benzene rings is 1. The second-order valence-electron chi connectivity index (χ2n) is 4.98. The zero-order valence-corrected chi connectivity index (χ0v) is 11.0. The molecule has 2 N–H and O–H groups in total. The molecule has 1 aromatic carbocycles. The lowest BCUT2D eigenvalue weighted by molar-refractivity contribution is -0.384. The molecule has 0 aliphatic rings. The van der Waals surface area contributed by atoms with Gasteiger partial charge in [-0.2, -0.15) is 0 Å². The number of hydrogen-bond acceptors (Lipinski definition) is 4. The van der Waals surface area contributed by atoms with Crippen molar-refractivity contribution >= 4 is 5.69 Å². The van der Waals surface area contributed by atoms with E-state index in [0.29, 0.717) is 12.1 Å². The summed E-state index contributed by atoms with van der Waals surface area (Å²) < 4.78 is 0. The summed E-state index contributed by atoms with van der Waals surface area (Å²) in [5, 5.41) is 23.7. The third-order valence-electron chi connectivity index (χ3n) is 3.15. The summed E-state index contributed by atoms with van der Waals surface area (Å²) >= 11 is 0. The summed E-state index contributed by atoms with van der Waals surface area (Å²) in [6.45, 7) is 6.63. The first-order valence-corrected chi connectivity index (χ1v) is 6.03. The van der Waals surface area contributed by atoms with Crippen LogP contribution in [0.3, 0.4) is 0 Å². The number of nitro benzene ring substituents is 1. The predicted molar refractivity (Wildman–Crippen MR) is 70.4 cm³/mol. The van der Waals surface area contributed by atoms with E-state index in [1.165, 1.54) is 12.1 Å². The third-order valence-corrected chi connectivity index (χ3v) is 3.15. The Morgan fingerprint density at radius 3 is 2.39 bits per heavy atom. The molecule has 0 bridgehead atoms. The van der Waals surface area contributed by atoms with Crippen LogP contribution in [0.15, 0.2) is 24.3 Å². The summed E-state index contributed by atoms with van der Waals surface area (Å²) in [6, 6.07) is 5.99. The number of nitrogens with zero attached hydrogens (tertiary/aromatic N) is 1. The molecule has 0 aliphatic heterocycles. The molecule has 18 heavy (non-hydrogen) atoms. The van der Waals surface area contributed by atoms with Crippen LogP contribution in [0.1, 0.15) is 38.9 Å². The number of aliphatic hydroxyl groups is 1. The van der Waals surface area contributed by atoms with Gasteiger partial charge in [0.05, 0.1) is 11.0 Å². The summed E-state index contributed by atoms with van der Waals surface area (Å²) in [5.74, 6) is 0. The Bertz CT molecular complexity index is 401. The van der Waals surface area contributed by atoms with Crippen LogP contribution in [0.4, 0.5) is 5.69 Å². The Hall–Kier alpha value is -1.46. The number of aliphatic hydroxyl groups excluding tert-OH is 1. The third kappa shape index (κ3) is 4.09. The molecular formula is C13H20N2O3. The molecular weight excluding hydrogens is 232 g/mol. The van der Waals surface area contributed by atoms with Crippen molar-refractivity contribution < 1.29 is 10.0 Å². The van der Waals surface area contributed by atoms with Crippen molar-refractivity contribution in [3.63, 3.8) is 0 Å². The Labute approximate surface area is 107 Å². The van der Waals surface area contributed by atoms with Gasteiger partial charge in [0.25, 0.3) is 5.69 Å². The Kier molecular flexibility index (Phi) is 4.81. The lowest BCUT2D eigenvalue weighted by Crippen LogP contribution is -2.40. The highest BCUT2D eigenvalue weighted by atomic mass is 16.6. The molecule has 5 nitrogen and oxygen atoms in total. The average molecular weight is 252 g/mol. The van der Waals surface area contributed by atoms with E-state index in [4.69, 9.17) is 0 Å². The topological polar surface area (TPSA) is 75.4 Å². The van der Waals surface area contributed by atoms with Gasteiger partial charge in [-0.1, -0.05) is 6.92 Å². The zero-order chi connectivity index (χ0) is 13.8. The smallest absolute Gasteiger partial charge is 0.269 e. The lowest BCUT2D eigenvalue weighted by Gasteiger charge is -2.26. The zero-order valence-electron chi connectivity index (χ0n) is 11.0. The largest absolute Gasteiger partial charge is 0.387 e. The molecule has 1 rings (SSSR count). The van der Waals surface area contributed by atoms with E-state index in [1.54, 1.807) is 12.1 Å². The standard InChI is InChI=1S/C13H20N2O3/c1-4-13(2,3)14-9-12(16)10-5-7-11(8-6-10)15(17)18/h5-8,12,14,16H,4,9H2,1-3H3. The average Bonchev–Trinajstić information content (AvgIpc) is 2.36. The van der Waals surface area contributed by atoms with Crippen LogP contribution in [0.2, 0.25) is 0 Å². The lowest BCUT2D eigenvalue weighted by atomic mass is 10.0. The second-order valence-corrected chi connectivity index (χ2v) is 4.98. The first-order chi connectivity index (χ1) is 8.35. The SMILES string of the molecule is CCC(C)(C)NCC(O)c1ccc([N+](=O)[O-])cc1. The molecule has 5 heteroatoms. The van der Waals surface area contributed by atoms with Gasteiger partial charge in [-0.05, 0) is 38.0 Å². The van der Waals surface area contributed by atoms with E-state index in [0.717, 1.165) is 6.42 Å². The number of nitrogens with one attached hydrogen (secondary N) is 1. The Balaban J connectivity index is 2.62. The molecule has 0 radical (unpaired) electrons. The minimum Gasteiger partial charge on any atom is -0.387 e. The highest BCUT2D eigenvalue weighted by Gasteiger charge is 2.17. The van der Waals surface area contributed by atoms with Gasteiger partial charge in [-0.3, -0.25) is 10.1 Å². The highest BCUT2D eigenvalue weighted by Crippen LogP contribution is 2.18.